The Labute approximate surface area is 106 Å². The maximum atomic E-state index is 14.1. The molecule has 0 aliphatic heterocycles. The first-order valence-electron chi connectivity index (χ1n) is 5.45. The van der Waals surface area contributed by atoms with E-state index in [0.29, 0.717) is 29.4 Å². The molecule has 0 unspecified atom stereocenters. The van der Waals surface area contributed by atoms with Crippen molar-refractivity contribution in [3.8, 4) is 0 Å². The summed E-state index contributed by atoms with van der Waals surface area (Å²) in [6, 6.07) is 2.76. The van der Waals surface area contributed by atoms with Crippen LogP contribution in [0.15, 0.2) is 12.1 Å². The Morgan fingerprint density at radius 3 is 2.78 bits per heavy atom. The topological polar surface area (TPSA) is 61.0 Å². The second kappa shape index (κ2) is 3.41. The minimum absolute atomic E-state index is 0.00194. The lowest BCUT2D eigenvalue weighted by molar-refractivity contribution is -0.384. The van der Waals surface area contributed by atoms with Crippen LogP contribution in [0.5, 0.6) is 0 Å². The molecule has 0 N–H and O–H groups in total. The molecular formula is C11H9ClFN3O2. The van der Waals surface area contributed by atoms with Gasteiger partial charge in [-0.3, -0.25) is 10.1 Å². The molecule has 1 aromatic heterocycles. The molecule has 3 rings (SSSR count). The molecule has 5 nitrogen and oxygen atoms in total. The average Bonchev–Trinajstić information content (AvgIpc) is 2.95. The van der Waals surface area contributed by atoms with Crippen molar-refractivity contribution in [2.45, 2.75) is 25.6 Å². The Morgan fingerprint density at radius 1 is 1.56 bits per heavy atom. The van der Waals surface area contributed by atoms with Gasteiger partial charge in [0.1, 0.15) is 5.02 Å². The van der Waals surface area contributed by atoms with Gasteiger partial charge in [0, 0.05) is 24.3 Å². The summed E-state index contributed by atoms with van der Waals surface area (Å²) < 4.78 is 15.4. The van der Waals surface area contributed by atoms with Crippen LogP contribution >= 0.6 is 11.6 Å². The Hall–Kier alpha value is -1.69. The van der Waals surface area contributed by atoms with Crippen LogP contribution in [0.4, 0.5) is 10.1 Å². The third-order valence-corrected chi connectivity index (χ3v) is 3.47. The van der Waals surface area contributed by atoms with Gasteiger partial charge in [-0.2, -0.15) is 5.10 Å². The number of nitro groups is 1. The third kappa shape index (κ3) is 1.49. The van der Waals surface area contributed by atoms with Gasteiger partial charge in [0.05, 0.1) is 16.1 Å². The van der Waals surface area contributed by atoms with Gasteiger partial charge in [-0.1, -0.05) is 11.6 Å². The summed E-state index contributed by atoms with van der Waals surface area (Å²) in [6.07, 6.45) is 0.829. The monoisotopic (exact) mass is 269 g/mol. The molecule has 0 saturated heterocycles. The molecular weight excluding hydrogens is 261 g/mol. The van der Waals surface area contributed by atoms with Crippen molar-refractivity contribution in [2.75, 3.05) is 0 Å². The van der Waals surface area contributed by atoms with Crippen molar-refractivity contribution in [1.29, 1.82) is 0 Å². The number of aromatic nitrogens is 2. The van der Waals surface area contributed by atoms with E-state index in [1.54, 1.807) is 6.92 Å². The first kappa shape index (κ1) is 11.4. The summed E-state index contributed by atoms with van der Waals surface area (Å²) in [5.41, 5.74) is 0.882. The van der Waals surface area contributed by atoms with Gasteiger partial charge >= 0.3 is 0 Å². The third-order valence-electron chi connectivity index (χ3n) is 3.17. The SMILES string of the molecule is Cc1nn(C2(F)CC2)c2cc(Cl)c([N+](=O)[O-])cc12. The van der Waals surface area contributed by atoms with Crippen molar-refractivity contribution in [1.82, 2.24) is 9.78 Å². The lowest BCUT2D eigenvalue weighted by Crippen LogP contribution is -2.12. The van der Waals surface area contributed by atoms with E-state index < -0.39 is 10.7 Å². The molecule has 0 bridgehead atoms. The number of hydrogen-bond acceptors (Lipinski definition) is 3. The van der Waals surface area contributed by atoms with Gasteiger partial charge in [0.25, 0.3) is 5.69 Å². The van der Waals surface area contributed by atoms with Crippen molar-refractivity contribution in [2.24, 2.45) is 0 Å². The highest BCUT2D eigenvalue weighted by molar-refractivity contribution is 6.33. The van der Waals surface area contributed by atoms with Crippen molar-refractivity contribution in [3.63, 3.8) is 0 Å². The molecule has 1 aliphatic rings. The highest BCUT2D eigenvalue weighted by Gasteiger charge is 2.47. The second-order valence-electron chi connectivity index (χ2n) is 4.49. The molecule has 1 heterocycles. The number of benzene rings is 1. The Kier molecular flexibility index (Phi) is 2.16. The first-order chi connectivity index (χ1) is 8.42. The highest BCUT2D eigenvalue weighted by atomic mass is 35.5. The van der Waals surface area contributed by atoms with Gasteiger partial charge in [-0.15, -0.1) is 0 Å². The highest BCUT2D eigenvalue weighted by Crippen LogP contribution is 2.47. The average molecular weight is 270 g/mol. The zero-order valence-corrected chi connectivity index (χ0v) is 10.2. The fourth-order valence-corrected chi connectivity index (χ4v) is 2.26. The standard InChI is InChI=1S/C11H9ClFN3O2/c1-6-7-4-10(16(17)18)8(12)5-9(7)15(14-6)11(13)2-3-11/h4-5H,2-3H2,1H3. The number of rotatable bonds is 2. The predicted molar refractivity (Wildman–Crippen MR) is 64.5 cm³/mol. The van der Waals surface area contributed by atoms with E-state index in [-0.39, 0.29) is 10.7 Å². The van der Waals surface area contributed by atoms with Gasteiger partial charge in [-0.25, -0.2) is 9.07 Å². The van der Waals surface area contributed by atoms with Gasteiger partial charge in [0.2, 0.25) is 5.79 Å². The maximum absolute atomic E-state index is 14.1. The van der Waals surface area contributed by atoms with Crippen LogP contribution < -0.4 is 0 Å². The Bertz CT molecular complexity index is 678. The van der Waals surface area contributed by atoms with Crippen molar-refractivity contribution < 1.29 is 9.31 Å². The summed E-state index contributed by atoms with van der Waals surface area (Å²) in [7, 11) is 0. The normalized spacial score (nSPS) is 17.1. The molecule has 0 atom stereocenters. The minimum Gasteiger partial charge on any atom is -0.258 e. The Balaban J connectivity index is 2.31. The molecule has 1 fully saturated rings. The molecule has 94 valence electrons. The van der Waals surface area contributed by atoms with E-state index >= 15 is 0 Å². The number of hydrogen-bond donors (Lipinski definition) is 0. The van der Waals surface area contributed by atoms with Crippen LogP contribution in [0.3, 0.4) is 0 Å². The van der Waals surface area contributed by atoms with Crippen molar-refractivity contribution in [3.05, 3.63) is 33.0 Å². The van der Waals surface area contributed by atoms with Gasteiger partial charge < -0.3 is 0 Å². The van der Waals surface area contributed by atoms with Crippen LogP contribution in [0, 0.1) is 17.0 Å². The molecule has 1 aromatic carbocycles. The minimum atomic E-state index is -1.45. The lowest BCUT2D eigenvalue weighted by Gasteiger charge is -2.07. The first-order valence-corrected chi connectivity index (χ1v) is 5.83. The van der Waals surface area contributed by atoms with Crippen LogP contribution in [-0.4, -0.2) is 14.7 Å². The number of halogens is 2. The second-order valence-corrected chi connectivity index (χ2v) is 4.90. The number of aryl methyl sites for hydroxylation is 1. The summed E-state index contributed by atoms with van der Waals surface area (Å²) in [5.74, 6) is -1.45. The van der Waals surface area contributed by atoms with Gasteiger partial charge in [-0.05, 0) is 13.0 Å². The van der Waals surface area contributed by atoms with Crippen LogP contribution in [0.25, 0.3) is 10.9 Å². The van der Waals surface area contributed by atoms with E-state index in [9.17, 15) is 14.5 Å². The molecule has 0 spiro atoms. The molecule has 18 heavy (non-hydrogen) atoms. The van der Waals surface area contributed by atoms with E-state index in [2.05, 4.69) is 5.10 Å². The van der Waals surface area contributed by atoms with E-state index in [1.807, 2.05) is 0 Å². The van der Waals surface area contributed by atoms with E-state index in [0.717, 1.165) is 0 Å². The quantitative estimate of drug-likeness (QED) is 0.621. The largest absolute Gasteiger partial charge is 0.288 e. The van der Waals surface area contributed by atoms with Crippen LogP contribution in [0.1, 0.15) is 18.5 Å². The molecule has 7 heteroatoms. The summed E-state index contributed by atoms with van der Waals surface area (Å²) in [5, 5.41) is 15.5. The summed E-state index contributed by atoms with van der Waals surface area (Å²) >= 11 is 5.84. The zero-order chi connectivity index (χ0) is 13.1. The van der Waals surface area contributed by atoms with Crippen molar-refractivity contribution >= 4 is 28.2 Å². The van der Waals surface area contributed by atoms with E-state index in [4.69, 9.17) is 11.6 Å². The van der Waals surface area contributed by atoms with Crippen LogP contribution in [-0.2, 0) is 5.79 Å². The molecule has 1 saturated carbocycles. The summed E-state index contributed by atoms with van der Waals surface area (Å²) in [4.78, 5) is 10.3. The number of nitrogens with zero attached hydrogens (tertiary/aromatic N) is 3. The number of alkyl halides is 1. The molecule has 1 aliphatic carbocycles. The zero-order valence-electron chi connectivity index (χ0n) is 9.48. The van der Waals surface area contributed by atoms with E-state index in [1.165, 1.54) is 16.8 Å². The fraction of sp³-hybridized carbons (Fsp3) is 0.364. The fourth-order valence-electron chi connectivity index (χ4n) is 2.03. The van der Waals surface area contributed by atoms with Crippen LogP contribution in [0.2, 0.25) is 5.02 Å². The molecule has 2 aromatic rings. The molecule has 0 radical (unpaired) electrons. The maximum Gasteiger partial charge on any atom is 0.288 e. The molecule has 0 amide bonds. The lowest BCUT2D eigenvalue weighted by atomic mass is 10.2. The predicted octanol–water partition coefficient (Wildman–Crippen LogP) is 3.32. The smallest absolute Gasteiger partial charge is 0.258 e. The number of nitro benzene ring substituents is 1. The Morgan fingerprint density at radius 2 is 2.22 bits per heavy atom. The summed E-state index contributed by atoms with van der Waals surface area (Å²) in [6.45, 7) is 1.70. The number of fused-ring (bicyclic) bond motifs is 1. The van der Waals surface area contributed by atoms with Gasteiger partial charge in [0.15, 0.2) is 0 Å².